The molecule has 2 aliphatic rings. The SMILES string of the molecule is CCOc1ccc2c(c1)NC1(CCN(C(=O)c3ccccc3F)CC1)c1cccn1-2. The van der Waals surface area contributed by atoms with Crippen LogP contribution in [-0.4, -0.2) is 35.1 Å². The van der Waals surface area contributed by atoms with Gasteiger partial charge in [-0.25, -0.2) is 4.39 Å². The zero-order valence-electron chi connectivity index (χ0n) is 16.9. The molecule has 2 aliphatic heterocycles. The molecular weight excluding hydrogens is 381 g/mol. The topological polar surface area (TPSA) is 46.5 Å². The summed E-state index contributed by atoms with van der Waals surface area (Å²) in [5, 5.41) is 3.75. The Morgan fingerprint density at radius 1 is 1.13 bits per heavy atom. The summed E-state index contributed by atoms with van der Waals surface area (Å²) in [6.45, 7) is 3.71. The third kappa shape index (κ3) is 2.95. The van der Waals surface area contributed by atoms with Gasteiger partial charge in [0.2, 0.25) is 0 Å². The smallest absolute Gasteiger partial charge is 0.256 e. The molecule has 0 aliphatic carbocycles. The Kier molecular flexibility index (Phi) is 4.50. The number of piperidine rings is 1. The Labute approximate surface area is 175 Å². The number of hydrogen-bond acceptors (Lipinski definition) is 3. The van der Waals surface area contributed by atoms with E-state index in [1.165, 1.54) is 11.8 Å². The van der Waals surface area contributed by atoms with E-state index in [0.29, 0.717) is 19.7 Å². The number of rotatable bonds is 3. The van der Waals surface area contributed by atoms with Crippen molar-refractivity contribution in [2.75, 3.05) is 25.0 Å². The van der Waals surface area contributed by atoms with E-state index in [4.69, 9.17) is 4.74 Å². The van der Waals surface area contributed by atoms with Gasteiger partial charge in [-0.1, -0.05) is 12.1 Å². The Hall–Kier alpha value is -3.28. The second-order valence-corrected chi connectivity index (χ2v) is 7.85. The summed E-state index contributed by atoms with van der Waals surface area (Å²) in [7, 11) is 0. The van der Waals surface area contributed by atoms with Crippen LogP contribution in [0.3, 0.4) is 0 Å². The minimum absolute atomic E-state index is 0.139. The number of hydrogen-bond donors (Lipinski definition) is 1. The van der Waals surface area contributed by atoms with Gasteiger partial charge in [-0.05, 0) is 56.2 Å². The summed E-state index contributed by atoms with van der Waals surface area (Å²) in [6, 6.07) is 16.5. The molecule has 1 fully saturated rings. The molecular formula is C24H24FN3O2. The van der Waals surface area contributed by atoms with Crippen LogP contribution in [0.5, 0.6) is 5.75 Å². The molecule has 0 bridgehead atoms. The van der Waals surface area contributed by atoms with Crippen molar-refractivity contribution in [2.45, 2.75) is 25.3 Å². The van der Waals surface area contributed by atoms with Crippen molar-refractivity contribution >= 4 is 11.6 Å². The van der Waals surface area contributed by atoms with Crippen LogP contribution in [0.15, 0.2) is 60.8 Å². The van der Waals surface area contributed by atoms with Crippen molar-refractivity contribution in [3.63, 3.8) is 0 Å². The summed E-state index contributed by atoms with van der Waals surface area (Å²) >= 11 is 0. The number of aromatic nitrogens is 1. The molecule has 1 spiro atoms. The highest BCUT2D eigenvalue weighted by atomic mass is 19.1. The molecule has 1 amide bonds. The van der Waals surface area contributed by atoms with Crippen LogP contribution in [0.1, 0.15) is 35.8 Å². The number of ether oxygens (including phenoxy) is 1. The Bertz CT molecular complexity index is 1100. The number of anilines is 1. The molecule has 154 valence electrons. The molecule has 5 nitrogen and oxygen atoms in total. The molecule has 2 aromatic carbocycles. The van der Waals surface area contributed by atoms with Crippen molar-refractivity contribution in [3.8, 4) is 11.4 Å². The molecule has 3 aromatic rings. The largest absolute Gasteiger partial charge is 0.494 e. The number of fused-ring (bicyclic) bond motifs is 4. The molecule has 0 saturated carbocycles. The average molecular weight is 405 g/mol. The zero-order valence-corrected chi connectivity index (χ0v) is 16.9. The number of carbonyl (C=O) groups is 1. The number of likely N-dealkylation sites (tertiary alicyclic amines) is 1. The van der Waals surface area contributed by atoms with Gasteiger partial charge in [-0.3, -0.25) is 4.79 Å². The van der Waals surface area contributed by atoms with Crippen LogP contribution in [0, 0.1) is 5.82 Å². The predicted octanol–water partition coefficient (Wildman–Crippen LogP) is 4.57. The fourth-order valence-corrected chi connectivity index (χ4v) is 4.66. The maximum absolute atomic E-state index is 14.1. The number of nitrogens with one attached hydrogen (secondary N) is 1. The highest BCUT2D eigenvalue weighted by Gasteiger charge is 2.42. The molecule has 1 saturated heterocycles. The molecule has 1 aromatic heterocycles. The first kappa shape index (κ1) is 18.7. The molecule has 0 atom stereocenters. The van der Waals surface area contributed by atoms with Gasteiger partial charge in [-0.15, -0.1) is 0 Å². The first-order chi connectivity index (χ1) is 14.6. The number of carbonyl (C=O) groups excluding carboxylic acids is 1. The maximum atomic E-state index is 14.1. The molecule has 6 heteroatoms. The minimum Gasteiger partial charge on any atom is -0.494 e. The Balaban J connectivity index is 1.42. The third-order valence-corrected chi connectivity index (χ3v) is 6.16. The first-order valence-electron chi connectivity index (χ1n) is 10.4. The lowest BCUT2D eigenvalue weighted by Gasteiger charge is -2.46. The standard InChI is InChI=1S/C24H24FN3O2/c1-2-30-17-9-10-21-20(16-17)26-24(22-8-5-13-28(21)22)11-14-27(15-12-24)23(29)18-6-3-4-7-19(18)25/h3-10,13,16,26H,2,11-12,14-15H2,1H3. The molecule has 1 N–H and O–H groups in total. The van der Waals surface area contributed by atoms with Crippen molar-refractivity contribution in [2.24, 2.45) is 0 Å². The van der Waals surface area contributed by atoms with Gasteiger partial charge < -0.3 is 19.5 Å². The number of nitrogens with zero attached hydrogens (tertiary/aromatic N) is 2. The lowest BCUT2D eigenvalue weighted by atomic mass is 9.82. The second kappa shape index (κ2) is 7.20. The lowest BCUT2D eigenvalue weighted by Crippen LogP contribution is -2.51. The van der Waals surface area contributed by atoms with Crippen LogP contribution in [0.4, 0.5) is 10.1 Å². The van der Waals surface area contributed by atoms with E-state index in [1.54, 1.807) is 23.1 Å². The van der Waals surface area contributed by atoms with Crippen molar-refractivity contribution < 1.29 is 13.9 Å². The van der Waals surface area contributed by atoms with E-state index < -0.39 is 5.82 Å². The minimum atomic E-state index is -0.468. The molecule has 3 heterocycles. The number of amides is 1. The normalized spacial score (nSPS) is 16.5. The van der Waals surface area contributed by atoms with Gasteiger partial charge in [0, 0.05) is 31.0 Å². The summed E-state index contributed by atoms with van der Waals surface area (Å²) < 4.78 is 22.0. The van der Waals surface area contributed by atoms with Gasteiger partial charge >= 0.3 is 0 Å². The monoisotopic (exact) mass is 405 g/mol. The number of benzene rings is 2. The Morgan fingerprint density at radius 2 is 1.93 bits per heavy atom. The Morgan fingerprint density at radius 3 is 2.70 bits per heavy atom. The third-order valence-electron chi connectivity index (χ3n) is 6.16. The van der Waals surface area contributed by atoms with E-state index in [9.17, 15) is 9.18 Å². The summed E-state index contributed by atoms with van der Waals surface area (Å²) in [5.74, 6) is 0.125. The van der Waals surface area contributed by atoms with Crippen LogP contribution in [-0.2, 0) is 5.54 Å². The maximum Gasteiger partial charge on any atom is 0.256 e. The highest BCUT2D eigenvalue weighted by Crippen LogP contribution is 2.44. The fraction of sp³-hybridized carbons (Fsp3) is 0.292. The van der Waals surface area contributed by atoms with Gasteiger partial charge in [0.15, 0.2) is 0 Å². The van der Waals surface area contributed by atoms with E-state index in [2.05, 4.69) is 34.3 Å². The van der Waals surface area contributed by atoms with Crippen LogP contribution in [0.2, 0.25) is 0 Å². The zero-order chi connectivity index (χ0) is 20.7. The molecule has 5 rings (SSSR count). The van der Waals surface area contributed by atoms with Crippen molar-refractivity contribution in [3.05, 3.63) is 77.9 Å². The van der Waals surface area contributed by atoms with Crippen molar-refractivity contribution in [1.82, 2.24) is 9.47 Å². The van der Waals surface area contributed by atoms with E-state index in [0.717, 1.165) is 30.0 Å². The van der Waals surface area contributed by atoms with Crippen LogP contribution < -0.4 is 10.1 Å². The first-order valence-corrected chi connectivity index (χ1v) is 10.4. The van der Waals surface area contributed by atoms with Crippen LogP contribution >= 0.6 is 0 Å². The quantitative estimate of drug-likeness (QED) is 0.694. The number of halogens is 1. The van der Waals surface area contributed by atoms with E-state index >= 15 is 0 Å². The van der Waals surface area contributed by atoms with E-state index in [1.807, 2.05) is 19.1 Å². The predicted molar refractivity (Wildman–Crippen MR) is 114 cm³/mol. The molecule has 30 heavy (non-hydrogen) atoms. The van der Waals surface area contributed by atoms with Crippen LogP contribution in [0.25, 0.3) is 5.69 Å². The lowest BCUT2D eigenvalue weighted by molar-refractivity contribution is 0.0672. The van der Waals surface area contributed by atoms with E-state index in [-0.39, 0.29) is 17.0 Å². The van der Waals surface area contributed by atoms with Gasteiger partial charge in [0.1, 0.15) is 11.6 Å². The molecule has 0 unspecified atom stereocenters. The second-order valence-electron chi connectivity index (χ2n) is 7.85. The van der Waals surface area contributed by atoms with Gasteiger partial charge in [-0.2, -0.15) is 0 Å². The highest BCUT2D eigenvalue weighted by molar-refractivity contribution is 5.94. The summed E-state index contributed by atoms with van der Waals surface area (Å²) in [6.07, 6.45) is 3.57. The summed E-state index contributed by atoms with van der Waals surface area (Å²) in [4.78, 5) is 14.6. The average Bonchev–Trinajstić information content (AvgIpc) is 3.26. The fourth-order valence-electron chi connectivity index (χ4n) is 4.66. The van der Waals surface area contributed by atoms with Gasteiger partial charge in [0.25, 0.3) is 5.91 Å². The molecule has 0 radical (unpaired) electrons. The van der Waals surface area contributed by atoms with Gasteiger partial charge in [0.05, 0.1) is 29.1 Å². The van der Waals surface area contributed by atoms with Crippen molar-refractivity contribution in [1.29, 1.82) is 0 Å². The summed E-state index contributed by atoms with van der Waals surface area (Å²) in [5.41, 5.74) is 3.18.